The Morgan fingerprint density at radius 2 is 1.92 bits per heavy atom. The van der Waals surface area contributed by atoms with Crippen LogP contribution in [0.5, 0.6) is 0 Å². The highest BCUT2D eigenvalue weighted by atomic mass is 16.6. The lowest BCUT2D eigenvalue weighted by Gasteiger charge is -2.58. The van der Waals surface area contributed by atoms with Crippen LogP contribution in [0.4, 0.5) is 0 Å². The van der Waals surface area contributed by atoms with Gasteiger partial charge < -0.3 is 33.9 Å². The van der Waals surface area contributed by atoms with Crippen molar-refractivity contribution >= 4 is 11.9 Å². The molecule has 3 heterocycles. The standard InChI is InChI=1S/C29H40O9/c1-17-9-11-28-15-35-26(33)25(32)18(2)10-12-34-20(19(3)30)7-5-6-8-24(31)38-21-14-23(37-22(28)13-17)29(16-36-29)27(21,28)4/h5-8,13,18-23,25,30,32H,9-12,14-16H2,1-4H3/t18-,19?,20?,21-,22-,23?,25+,27?,28-,29-/m1/s1. The molecule has 3 fully saturated rings. The van der Waals surface area contributed by atoms with Crippen LogP contribution in [0.15, 0.2) is 36.0 Å². The molecule has 0 radical (unpaired) electrons. The fraction of sp³-hybridized carbons (Fsp3) is 0.724. The third-order valence-corrected chi connectivity index (χ3v) is 9.73. The lowest BCUT2D eigenvalue weighted by molar-refractivity contribution is -0.234. The first kappa shape index (κ1) is 27.5. The predicted octanol–water partition coefficient (Wildman–Crippen LogP) is 2.39. The van der Waals surface area contributed by atoms with Crippen molar-refractivity contribution in [3.8, 4) is 0 Å². The molecule has 2 saturated heterocycles. The molecule has 2 aliphatic carbocycles. The van der Waals surface area contributed by atoms with Gasteiger partial charge in [-0.3, -0.25) is 0 Å². The molecule has 3 aliphatic heterocycles. The van der Waals surface area contributed by atoms with Gasteiger partial charge in [0.25, 0.3) is 0 Å². The van der Waals surface area contributed by atoms with E-state index in [1.54, 1.807) is 32.1 Å². The molecule has 2 spiro atoms. The molecule has 5 aliphatic rings. The molecule has 210 valence electrons. The van der Waals surface area contributed by atoms with Crippen LogP contribution in [0.1, 0.15) is 53.4 Å². The van der Waals surface area contributed by atoms with Gasteiger partial charge in [0.2, 0.25) is 0 Å². The van der Waals surface area contributed by atoms with E-state index < -0.39 is 58.7 Å². The molecule has 38 heavy (non-hydrogen) atoms. The highest BCUT2D eigenvalue weighted by molar-refractivity contribution is 5.82. The quantitative estimate of drug-likeness (QED) is 0.298. The first-order valence-electron chi connectivity index (χ1n) is 13.7. The number of aliphatic hydroxyl groups is 2. The minimum absolute atomic E-state index is 0.0195. The maximum atomic E-state index is 13.1. The number of ether oxygens (including phenoxy) is 5. The van der Waals surface area contributed by atoms with Crippen LogP contribution < -0.4 is 0 Å². The minimum atomic E-state index is -1.33. The van der Waals surface area contributed by atoms with Crippen LogP contribution in [-0.4, -0.2) is 84.2 Å². The molecule has 1 saturated carbocycles. The summed E-state index contributed by atoms with van der Waals surface area (Å²) < 4.78 is 30.4. The predicted molar refractivity (Wildman–Crippen MR) is 136 cm³/mol. The molecule has 9 nitrogen and oxygen atoms in total. The number of hydrogen-bond acceptors (Lipinski definition) is 9. The summed E-state index contributed by atoms with van der Waals surface area (Å²) in [5.74, 6) is -1.60. The maximum Gasteiger partial charge on any atom is 0.335 e. The molecule has 9 heteroatoms. The highest BCUT2D eigenvalue weighted by Gasteiger charge is 2.83. The first-order chi connectivity index (χ1) is 18.0. The van der Waals surface area contributed by atoms with Gasteiger partial charge in [0.05, 0.1) is 30.3 Å². The fourth-order valence-corrected chi connectivity index (χ4v) is 7.04. The Hall–Kier alpha value is -2.04. The van der Waals surface area contributed by atoms with E-state index in [-0.39, 0.29) is 25.4 Å². The van der Waals surface area contributed by atoms with Gasteiger partial charge in [0.1, 0.15) is 24.4 Å². The summed E-state index contributed by atoms with van der Waals surface area (Å²) in [6.07, 6.45) is 6.89. The highest BCUT2D eigenvalue weighted by Crippen LogP contribution is 2.72. The van der Waals surface area contributed by atoms with Gasteiger partial charge in [-0.25, -0.2) is 9.59 Å². The molecular weight excluding hydrogens is 492 g/mol. The molecular formula is C29H40O9. The van der Waals surface area contributed by atoms with Gasteiger partial charge >= 0.3 is 11.9 Å². The fourth-order valence-electron chi connectivity index (χ4n) is 7.04. The van der Waals surface area contributed by atoms with Crippen LogP contribution in [0, 0.1) is 16.7 Å². The molecule has 0 amide bonds. The number of esters is 2. The van der Waals surface area contributed by atoms with Crippen LogP contribution in [0.2, 0.25) is 0 Å². The summed E-state index contributed by atoms with van der Waals surface area (Å²) in [6, 6.07) is 0. The monoisotopic (exact) mass is 532 g/mol. The summed E-state index contributed by atoms with van der Waals surface area (Å²) in [6.45, 7) is 8.27. The normalized spacial score (nSPS) is 46.3. The second kappa shape index (κ2) is 10.2. The Bertz CT molecular complexity index is 1030. The van der Waals surface area contributed by atoms with Gasteiger partial charge in [0, 0.05) is 24.5 Å². The molecule has 4 unspecified atom stereocenters. The largest absolute Gasteiger partial charge is 0.463 e. The number of epoxide rings is 1. The molecule has 2 N–H and O–H groups in total. The van der Waals surface area contributed by atoms with Crippen LogP contribution in [0.3, 0.4) is 0 Å². The topological polar surface area (TPSA) is 124 Å². The number of rotatable bonds is 1. The van der Waals surface area contributed by atoms with Crippen molar-refractivity contribution in [2.75, 3.05) is 19.8 Å². The van der Waals surface area contributed by atoms with Crippen molar-refractivity contribution in [3.63, 3.8) is 0 Å². The third-order valence-electron chi connectivity index (χ3n) is 9.73. The van der Waals surface area contributed by atoms with E-state index >= 15 is 0 Å². The number of cyclic esters (lactones) is 1. The second-order valence-corrected chi connectivity index (χ2v) is 11.9. The average Bonchev–Trinajstić information content (AvgIpc) is 3.65. The van der Waals surface area contributed by atoms with Gasteiger partial charge in [0.15, 0.2) is 6.10 Å². The zero-order valence-electron chi connectivity index (χ0n) is 22.6. The molecule has 10 atom stereocenters. The Kier molecular flexibility index (Phi) is 7.37. The van der Waals surface area contributed by atoms with Crippen molar-refractivity contribution in [2.45, 2.75) is 95.6 Å². The van der Waals surface area contributed by atoms with Crippen molar-refractivity contribution < 1.29 is 43.5 Å². The molecule has 0 aromatic carbocycles. The third kappa shape index (κ3) is 4.36. The zero-order valence-corrected chi connectivity index (χ0v) is 22.6. The van der Waals surface area contributed by atoms with E-state index in [0.717, 1.165) is 6.42 Å². The van der Waals surface area contributed by atoms with Crippen molar-refractivity contribution in [3.05, 3.63) is 36.0 Å². The smallest absolute Gasteiger partial charge is 0.335 e. The van der Waals surface area contributed by atoms with E-state index in [9.17, 15) is 19.8 Å². The summed E-state index contributed by atoms with van der Waals surface area (Å²) in [7, 11) is 0. The lowest BCUT2D eigenvalue weighted by atomic mass is 9.51. The first-order valence-corrected chi connectivity index (χ1v) is 13.7. The number of carbonyl (C=O) groups is 2. The number of aliphatic hydroxyl groups excluding tert-OH is 2. The molecule has 0 aromatic heterocycles. The van der Waals surface area contributed by atoms with E-state index in [1.807, 2.05) is 0 Å². The minimum Gasteiger partial charge on any atom is -0.463 e. The maximum absolute atomic E-state index is 13.1. The Morgan fingerprint density at radius 1 is 1.16 bits per heavy atom. The SMILES string of the molecule is CC1=C[C@H]2OC3C[C@H]4OC(=O)C=CC=CC(C(C)O)OCC[C@@H](C)[C@H](O)C(=O)OC[C@@]2(CC1)C4(C)[C@@]31CO1. The van der Waals surface area contributed by atoms with Gasteiger partial charge in [-0.05, 0) is 39.0 Å². The molecule has 5 rings (SSSR count). The molecule has 2 bridgehead atoms. The van der Waals surface area contributed by atoms with Crippen LogP contribution >= 0.6 is 0 Å². The number of carbonyl (C=O) groups excluding carboxylic acids is 2. The van der Waals surface area contributed by atoms with Gasteiger partial charge in [-0.15, -0.1) is 0 Å². The number of hydrogen-bond donors (Lipinski definition) is 2. The van der Waals surface area contributed by atoms with E-state index in [1.165, 1.54) is 11.6 Å². The van der Waals surface area contributed by atoms with E-state index in [2.05, 4.69) is 19.9 Å². The zero-order chi connectivity index (χ0) is 27.3. The summed E-state index contributed by atoms with van der Waals surface area (Å²) in [5.41, 5.74) is -0.771. The van der Waals surface area contributed by atoms with Crippen molar-refractivity contribution in [1.82, 2.24) is 0 Å². The van der Waals surface area contributed by atoms with Gasteiger partial charge in [-0.2, -0.15) is 0 Å². The Balaban J connectivity index is 1.51. The Morgan fingerprint density at radius 3 is 2.63 bits per heavy atom. The van der Waals surface area contributed by atoms with Crippen molar-refractivity contribution in [2.24, 2.45) is 16.7 Å². The summed E-state index contributed by atoms with van der Waals surface area (Å²) >= 11 is 0. The Labute approximate surface area is 223 Å². The van der Waals surface area contributed by atoms with Crippen molar-refractivity contribution in [1.29, 1.82) is 0 Å². The number of allylic oxidation sites excluding steroid dienone is 3. The second-order valence-electron chi connectivity index (χ2n) is 11.9. The lowest BCUT2D eigenvalue weighted by Crippen LogP contribution is -2.66. The van der Waals surface area contributed by atoms with Gasteiger partial charge in [-0.1, -0.05) is 43.7 Å². The van der Waals surface area contributed by atoms with Crippen LogP contribution in [-0.2, 0) is 33.3 Å². The van der Waals surface area contributed by atoms with Crippen LogP contribution in [0.25, 0.3) is 0 Å². The average molecular weight is 533 g/mol. The summed E-state index contributed by atoms with van der Waals surface area (Å²) in [4.78, 5) is 26.0. The molecule has 0 aromatic rings. The van der Waals surface area contributed by atoms with E-state index in [4.69, 9.17) is 23.7 Å². The van der Waals surface area contributed by atoms with E-state index in [0.29, 0.717) is 25.9 Å². The summed E-state index contributed by atoms with van der Waals surface area (Å²) in [5, 5.41) is 20.8.